The van der Waals surface area contributed by atoms with E-state index in [-0.39, 0.29) is 5.97 Å². The highest BCUT2D eigenvalue weighted by molar-refractivity contribution is 6.07. The highest BCUT2D eigenvalue weighted by Crippen LogP contribution is 2.34. The first kappa shape index (κ1) is 18.8. The number of methoxy groups -OCH3 is 2. The third-order valence-electron chi connectivity index (χ3n) is 5.17. The Morgan fingerprint density at radius 1 is 0.931 bits per heavy atom. The fourth-order valence-corrected chi connectivity index (χ4v) is 3.73. The second-order valence-corrected chi connectivity index (χ2v) is 7.03. The summed E-state index contributed by atoms with van der Waals surface area (Å²) in [5, 5.41) is 0.822. The van der Waals surface area contributed by atoms with E-state index in [0.717, 1.165) is 27.8 Å². The molecule has 0 spiro atoms. The summed E-state index contributed by atoms with van der Waals surface area (Å²) in [6, 6.07) is 24.3. The average Bonchev–Trinajstić information content (AvgIpc) is 3.07. The molecule has 4 heteroatoms. The predicted octanol–water partition coefficient (Wildman–Crippen LogP) is 5.32. The van der Waals surface area contributed by atoms with Crippen molar-refractivity contribution < 1.29 is 14.3 Å². The van der Waals surface area contributed by atoms with Crippen LogP contribution in [-0.2, 0) is 11.2 Å². The Hall–Kier alpha value is -3.53. The lowest BCUT2D eigenvalue weighted by molar-refractivity contribution is 0.0601. The SMILES string of the molecule is COC(=O)c1c(Cc2ccccc2)n(-c2ccc(C)cc2)c2ccc(OC)cc12. The molecule has 1 aromatic heterocycles. The molecule has 0 atom stereocenters. The number of rotatable bonds is 5. The van der Waals surface area contributed by atoms with Crippen LogP contribution in [0.1, 0.15) is 27.2 Å². The summed E-state index contributed by atoms with van der Waals surface area (Å²) in [4.78, 5) is 12.9. The lowest BCUT2D eigenvalue weighted by atomic mass is 10.0. The summed E-state index contributed by atoms with van der Waals surface area (Å²) in [6.07, 6.45) is 0.607. The second kappa shape index (κ2) is 7.84. The summed E-state index contributed by atoms with van der Waals surface area (Å²) in [7, 11) is 3.05. The molecule has 0 aliphatic carbocycles. The molecule has 3 aromatic carbocycles. The molecule has 0 saturated heterocycles. The molecule has 0 saturated carbocycles. The number of esters is 1. The van der Waals surface area contributed by atoms with Gasteiger partial charge in [0.25, 0.3) is 0 Å². The highest BCUT2D eigenvalue weighted by Gasteiger charge is 2.24. The fourth-order valence-electron chi connectivity index (χ4n) is 3.73. The van der Waals surface area contributed by atoms with E-state index >= 15 is 0 Å². The van der Waals surface area contributed by atoms with Gasteiger partial charge in [-0.25, -0.2) is 4.79 Å². The van der Waals surface area contributed by atoms with Crippen molar-refractivity contribution in [2.24, 2.45) is 0 Å². The van der Waals surface area contributed by atoms with Crippen LogP contribution in [0, 0.1) is 6.92 Å². The lowest BCUT2D eigenvalue weighted by Crippen LogP contribution is -2.08. The maximum Gasteiger partial charge on any atom is 0.340 e. The Morgan fingerprint density at radius 3 is 2.31 bits per heavy atom. The van der Waals surface area contributed by atoms with E-state index in [9.17, 15) is 4.79 Å². The largest absolute Gasteiger partial charge is 0.497 e. The van der Waals surface area contributed by atoms with Crippen molar-refractivity contribution >= 4 is 16.9 Å². The summed E-state index contributed by atoms with van der Waals surface area (Å²) < 4.78 is 12.7. The third kappa shape index (κ3) is 3.49. The van der Waals surface area contributed by atoms with Gasteiger partial charge in [-0.15, -0.1) is 0 Å². The minimum absolute atomic E-state index is 0.347. The van der Waals surface area contributed by atoms with Crippen LogP contribution in [-0.4, -0.2) is 24.8 Å². The standard InChI is InChI=1S/C25H23NO3/c1-17-9-11-19(12-10-17)26-22-14-13-20(28-2)16-21(22)24(25(27)29-3)23(26)15-18-7-5-4-6-8-18/h4-14,16H,15H2,1-3H3. The van der Waals surface area contributed by atoms with Crippen LogP contribution in [0.15, 0.2) is 72.8 Å². The van der Waals surface area contributed by atoms with Crippen LogP contribution in [0.2, 0.25) is 0 Å². The number of carbonyl (C=O) groups is 1. The number of hydrogen-bond donors (Lipinski definition) is 0. The van der Waals surface area contributed by atoms with Gasteiger partial charge in [0.15, 0.2) is 0 Å². The zero-order chi connectivity index (χ0) is 20.4. The predicted molar refractivity (Wildman–Crippen MR) is 115 cm³/mol. The van der Waals surface area contributed by atoms with Gasteiger partial charge in [0, 0.05) is 23.2 Å². The first-order chi connectivity index (χ1) is 14.1. The number of ether oxygens (including phenoxy) is 2. The molecule has 0 fully saturated rings. The average molecular weight is 385 g/mol. The van der Waals surface area contributed by atoms with Crippen LogP contribution in [0.3, 0.4) is 0 Å². The molecule has 0 amide bonds. The Labute approximate surface area is 170 Å². The molecule has 0 bridgehead atoms. The number of aromatic nitrogens is 1. The summed E-state index contributed by atoms with van der Waals surface area (Å²) >= 11 is 0. The van der Waals surface area contributed by atoms with E-state index in [2.05, 4.69) is 47.9 Å². The van der Waals surface area contributed by atoms with E-state index < -0.39 is 0 Å². The molecular weight excluding hydrogens is 362 g/mol. The second-order valence-electron chi connectivity index (χ2n) is 7.03. The molecule has 0 unspecified atom stereocenters. The van der Waals surface area contributed by atoms with Crippen molar-refractivity contribution in [3.63, 3.8) is 0 Å². The van der Waals surface area contributed by atoms with Gasteiger partial charge in [-0.2, -0.15) is 0 Å². The monoisotopic (exact) mass is 385 g/mol. The van der Waals surface area contributed by atoms with E-state index in [1.165, 1.54) is 12.7 Å². The Morgan fingerprint density at radius 2 is 1.66 bits per heavy atom. The van der Waals surface area contributed by atoms with Gasteiger partial charge >= 0.3 is 5.97 Å². The maximum atomic E-state index is 12.9. The van der Waals surface area contributed by atoms with Gasteiger partial charge in [0.1, 0.15) is 5.75 Å². The number of aryl methyl sites for hydroxylation is 1. The topological polar surface area (TPSA) is 40.5 Å². The summed E-state index contributed by atoms with van der Waals surface area (Å²) in [6.45, 7) is 2.06. The normalized spacial score (nSPS) is 10.9. The third-order valence-corrected chi connectivity index (χ3v) is 5.17. The van der Waals surface area contributed by atoms with Gasteiger partial charge in [0.2, 0.25) is 0 Å². The molecular formula is C25H23NO3. The summed E-state index contributed by atoms with van der Waals surface area (Å²) in [5.74, 6) is 0.356. The quantitative estimate of drug-likeness (QED) is 0.436. The Bertz CT molecular complexity index is 1160. The van der Waals surface area contributed by atoms with Crippen molar-refractivity contribution in [2.75, 3.05) is 14.2 Å². The van der Waals surface area contributed by atoms with Gasteiger partial charge < -0.3 is 14.0 Å². The minimum atomic E-state index is -0.347. The fraction of sp³-hybridized carbons (Fsp3) is 0.160. The molecule has 0 aliphatic heterocycles. The van der Waals surface area contributed by atoms with Crippen LogP contribution in [0.25, 0.3) is 16.6 Å². The van der Waals surface area contributed by atoms with Crippen LogP contribution < -0.4 is 4.74 Å². The molecule has 29 heavy (non-hydrogen) atoms. The van der Waals surface area contributed by atoms with Crippen molar-refractivity contribution in [2.45, 2.75) is 13.3 Å². The number of nitrogens with zero attached hydrogens (tertiary/aromatic N) is 1. The van der Waals surface area contributed by atoms with Crippen LogP contribution in [0.4, 0.5) is 0 Å². The van der Waals surface area contributed by atoms with Crippen LogP contribution in [0.5, 0.6) is 5.75 Å². The Kier molecular flexibility index (Phi) is 5.09. The number of hydrogen-bond acceptors (Lipinski definition) is 3. The Balaban J connectivity index is 2.05. The molecule has 4 rings (SSSR count). The number of fused-ring (bicyclic) bond motifs is 1. The van der Waals surface area contributed by atoms with Crippen molar-refractivity contribution in [1.82, 2.24) is 4.57 Å². The van der Waals surface area contributed by atoms with Crippen molar-refractivity contribution in [1.29, 1.82) is 0 Å². The van der Waals surface area contributed by atoms with E-state index in [0.29, 0.717) is 17.7 Å². The minimum Gasteiger partial charge on any atom is -0.497 e. The summed E-state index contributed by atoms with van der Waals surface area (Å²) in [5.41, 5.74) is 5.74. The molecule has 0 aliphatic rings. The highest BCUT2D eigenvalue weighted by atomic mass is 16.5. The maximum absolute atomic E-state index is 12.9. The number of benzene rings is 3. The van der Waals surface area contributed by atoms with Crippen molar-refractivity contribution in [3.8, 4) is 11.4 Å². The molecule has 0 N–H and O–H groups in total. The zero-order valence-corrected chi connectivity index (χ0v) is 16.8. The first-order valence-corrected chi connectivity index (χ1v) is 9.53. The van der Waals surface area contributed by atoms with Gasteiger partial charge in [-0.3, -0.25) is 0 Å². The van der Waals surface area contributed by atoms with E-state index in [1.54, 1.807) is 7.11 Å². The molecule has 4 aromatic rings. The molecule has 4 nitrogen and oxygen atoms in total. The smallest absolute Gasteiger partial charge is 0.340 e. The number of carbonyl (C=O) groups excluding carboxylic acids is 1. The van der Waals surface area contributed by atoms with E-state index in [1.807, 2.05) is 36.4 Å². The molecule has 146 valence electrons. The van der Waals surface area contributed by atoms with Gasteiger partial charge in [0.05, 0.1) is 25.3 Å². The van der Waals surface area contributed by atoms with E-state index in [4.69, 9.17) is 9.47 Å². The first-order valence-electron chi connectivity index (χ1n) is 9.53. The lowest BCUT2D eigenvalue weighted by Gasteiger charge is -2.13. The van der Waals surface area contributed by atoms with Crippen molar-refractivity contribution in [3.05, 3.63) is 95.2 Å². The molecule has 1 heterocycles. The van der Waals surface area contributed by atoms with Gasteiger partial charge in [-0.05, 0) is 42.8 Å². The van der Waals surface area contributed by atoms with Gasteiger partial charge in [-0.1, -0.05) is 48.0 Å². The van der Waals surface area contributed by atoms with Crippen LogP contribution >= 0.6 is 0 Å². The zero-order valence-electron chi connectivity index (χ0n) is 16.8. The molecule has 0 radical (unpaired) electrons.